The van der Waals surface area contributed by atoms with Gasteiger partial charge in [0.05, 0.1) is 7.11 Å². The predicted octanol–water partition coefficient (Wildman–Crippen LogP) is 3.93. The molecule has 3 rings (SSSR count). The van der Waals surface area contributed by atoms with Crippen LogP contribution < -0.4 is 4.74 Å². The van der Waals surface area contributed by atoms with Gasteiger partial charge in [-0.3, -0.25) is 0 Å². The van der Waals surface area contributed by atoms with Gasteiger partial charge in [-0.2, -0.15) is 0 Å². The van der Waals surface area contributed by atoms with Crippen LogP contribution in [0.3, 0.4) is 0 Å². The van der Waals surface area contributed by atoms with E-state index in [0.717, 1.165) is 35.8 Å². The number of rotatable bonds is 7. The maximum atomic E-state index is 5.29. The van der Waals surface area contributed by atoms with Crippen LogP contribution in [0.4, 0.5) is 0 Å². The fourth-order valence-corrected chi connectivity index (χ4v) is 2.84. The molecule has 4 nitrogen and oxygen atoms in total. The van der Waals surface area contributed by atoms with Gasteiger partial charge in [-0.05, 0) is 37.4 Å². The standard InChI is InChI=1S/C22H25N3O/c1-24(2)15-13-21(19-9-11-20(26-3)12-10-19)22-23-14-16-25(22)17-18-7-5-4-6-8-18/h4-14,16H,15,17H2,1-3H3/b21-13-. The number of likely N-dealkylation sites (N-methyl/N-ethyl adjacent to an activating group) is 1. The lowest BCUT2D eigenvalue weighted by molar-refractivity contribution is 0.415. The second-order valence-corrected chi connectivity index (χ2v) is 6.47. The summed E-state index contributed by atoms with van der Waals surface area (Å²) < 4.78 is 7.49. The Labute approximate surface area is 155 Å². The van der Waals surface area contributed by atoms with Crippen LogP contribution in [0.5, 0.6) is 5.75 Å². The van der Waals surface area contributed by atoms with E-state index < -0.39 is 0 Å². The van der Waals surface area contributed by atoms with E-state index in [9.17, 15) is 0 Å². The topological polar surface area (TPSA) is 30.3 Å². The van der Waals surface area contributed by atoms with Crippen LogP contribution in [0.1, 0.15) is 17.0 Å². The van der Waals surface area contributed by atoms with Gasteiger partial charge in [-0.25, -0.2) is 4.98 Å². The van der Waals surface area contributed by atoms with Crippen molar-refractivity contribution in [2.24, 2.45) is 0 Å². The molecule has 0 bridgehead atoms. The van der Waals surface area contributed by atoms with Gasteiger partial charge in [0.15, 0.2) is 0 Å². The van der Waals surface area contributed by atoms with Crippen LogP contribution in [0.25, 0.3) is 5.57 Å². The summed E-state index contributed by atoms with van der Waals surface area (Å²) in [6, 6.07) is 18.6. The molecule has 0 saturated heterocycles. The van der Waals surface area contributed by atoms with Crippen molar-refractivity contribution in [2.75, 3.05) is 27.7 Å². The number of benzene rings is 2. The molecular weight excluding hydrogens is 322 g/mol. The van der Waals surface area contributed by atoms with Crippen molar-refractivity contribution in [1.29, 1.82) is 0 Å². The van der Waals surface area contributed by atoms with Crippen molar-refractivity contribution in [2.45, 2.75) is 6.54 Å². The highest BCUT2D eigenvalue weighted by atomic mass is 16.5. The molecule has 0 aliphatic carbocycles. The van der Waals surface area contributed by atoms with Gasteiger partial charge in [0.1, 0.15) is 11.6 Å². The van der Waals surface area contributed by atoms with Crippen LogP contribution >= 0.6 is 0 Å². The molecule has 2 aromatic carbocycles. The summed E-state index contributed by atoms with van der Waals surface area (Å²) in [6.07, 6.45) is 6.13. The molecule has 0 amide bonds. The summed E-state index contributed by atoms with van der Waals surface area (Å²) in [5, 5.41) is 0. The molecule has 0 N–H and O–H groups in total. The SMILES string of the molecule is COc1ccc(/C(=C/CN(C)C)c2nccn2Cc2ccccc2)cc1. The Bertz CT molecular complexity index is 849. The van der Waals surface area contributed by atoms with Gasteiger partial charge < -0.3 is 14.2 Å². The molecule has 0 unspecified atom stereocenters. The monoisotopic (exact) mass is 347 g/mol. The van der Waals surface area contributed by atoms with Crippen molar-refractivity contribution < 1.29 is 4.74 Å². The zero-order valence-electron chi connectivity index (χ0n) is 15.6. The molecular formula is C22H25N3O. The zero-order valence-corrected chi connectivity index (χ0v) is 15.6. The molecule has 1 aromatic heterocycles. The maximum absolute atomic E-state index is 5.29. The molecule has 0 aliphatic heterocycles. The first-order valence-electron chi connectivity index (χ1n) is 8.72. The molecule has 0 spiro atoms. The normalized spacial score (nSPS) is 11.8. The number of hydrogen-bond donors (Lipinski definition) is 0. The van der Waals surface area contributed by atoms with E-state index in [2.05, 4.69) is 71.0 Å². The Kier molecular flexibility index (Phi) is 5.87. The van der Waals surface area contributed by atoms with Gasteiger partial charge in [-0.1, -0.05) is 48.5 Å². The van der Waals surface area contributed by atoms with Crippen molar-refractivity contribution in [3.63, 3.8) is 0 Å². The summed E-state index contributed by atoms with van der Waals surface area (Å²) in [6.45, 7) is 1.64. The van der Waals surface area contributed by atoms with Gasteiger partial charge in [-0.15, -0.1) is 0 Å². The Balaban J connectivity index is 1.97. The molecule has 0 aliphatic rings. The second-order valence-electron chi connectivity index (χ2n) is 6.47. The third-order valence-electron chi connectivity index (χ3n) is 4.21. The first-order valence-corrected chi connectivity index (χ1v) is 8.72. The Hall–Kier alpha value is -2.85. The summed E-state index contributed by atoms with van der Waals surface area (Å²) in [4.78, 5) is 6.80. The lowest BCUT2D eigenvalue weighted by Crippen LogP contribution is -2.12. The summed E-state index contributed by atoms with van der Waals surface area (Å²) in [5.41, 5.74) is 3.52. The number of ether oxygens (including phenoxy) is 1. The van der Waals surface area contributed by atoms with Crippen molar-refractivity contribution in [1.82, 2.24) is 14.5 Å². The average molecular weight is 347 g/mol. The third kappa shape index (κ3) is 4.41. The van der Waals surface area contributed by atoms with E-state index in [1.54, 1.807) is 7.11 Å². The van der Waals surface area contributed by atoms with Crippen molar-refractivity contribution >= 4 is 5.57 Å². The predicted molar refractivity (Wildman–Crippen MR) is 106 cm³/mol. The van der Waals surface area contributed by atoms with Crippen molar-refractivity contribution in [3.05, 3.63) is 90.0 Å². The highest BCUT2D eigenvalue weighted by molar-refractivity contribution is 5.77. The smallest absolute Gasteiger partial charge is 0.140 e. The van der Waals surface area contributed by atoms with Gasteiger partial charge in [0.25, 0.3) is 0 Å². The van der Waals surface area contributed by atoms with E-state index in [1.165, 1.54) is 5.56 Å². The molecule has 0 saturated carbocycles. The number of hydrogen-bond acceptors (Lipinski definition) is 3. The van der Waals surface area contributed by atoms with Crippen molar-refractivity contribution in [3.8, 4) is 5.75 Å². The molecule has 134 valence electrons. The Morgan fingerprint density at radius 3 is 2.46 bits per heavy atom. The van der Waals surface area contributed by atoms with Crippen LogP contribution in [-0.4, -0.2) is 42.2 Å². The minimum absolute atomic E-state index is 0.797. The van der Waals surface area contributed by atoms with Crippen LogP contribution in [0.2, 0.25) is 0 Å². The average Bonchev–Trinajstić information content (AvgIpc) is 3.11. The molecule has 3 aromatic rings. The van der Waals surface area contributed by atoms with E-state index in [1.807, 2.05) is 30.6 Å². The number of imidazole rings is 1. The maximum Gasteiger partial charge on any atom is 0.140 e. The molecule has 26 heavy (non-hydrogen) atoms. The third-order valence-corrected chi connectivity index (χ3v) is 4.21. The minimum atomic E-state index is 0.797. The largest absolute Gasteiger partial charge is 0.497 e. The minimum Gasteiger partial charge on any atom is -0.497 e. The highest BCUT2D eigenvalue weighted by Gasteiger charge is 2.12. The van der Waals surface area contributed by atoms with E-state index >= 15 is 0 Å². The van der Waals surface area contributed by atoms with Gasteiger partial charge >= 0.3 is 0 Å². The molecule has 0 atom stereocenters. The fourth-order valence-electron chi connectivity index (χ4n) is 2.84. The van der Waals surface area contributed by atoms with Crippen LogP contribution in [0, 0.1) is 0 Å². The summed E-state index contributed by atoms with van der Waals surface area (Å²) in [5.74, 6) is 1.83. The first kappa shape index (κ1) is 18.0. The highest BCUT2D eigenvalue weighted by Crippen LogP contribution is 2.25. The quantitative estimate of drug-likeness (QED) is 0.649. The summed E-state index contributed by atoms with van der Waals surface area (Å²) >= 11 is 0. The molecule has 0 fully saturated rings. The second kappa shape index (κ2) is 8.50. The molecule has 1 heterocycles. The number of methoxy groups -OCH3 is 1. The molecule has 4 heteroatoms. The van der Waals surface area contributed by atoms with E-state index in [0.29, 0.717) is 0 Å². The molecule has 0 radical (unpaired) electrons. The number of nitrogens with zero attached hydrogens (tertiary/aromatic N) is 3. The lowest BCUT2D eigenvalue weighted by atomic mass is 10.0. The fraction of sp³-hybridized carbons (Fsp3) is 0.227. The first-order chi connectivity index (χ1) is 12.7. The van der Waals surface area contributed by atoms with Gasteiger partial charge in [0, 0.05) is 31.1 Å². The summed E-state index contributed by atoms with van der Waals surface area (Å²) in [7, 11) is 5.82. The lowest BCUT2D eigenvalue weighted by Gasteiger charge is -2.14. The van der Waals surface area contributed by atoms with Crippen LogP contribution in [-0.2, 0) is 6.54 Å². The zero-order chi connectivity index (χ0) is 18.4. The van der Waals surface area contributed by atoms with Crippen LogP contribution in [0.15, 0.2) is 73.1 Å². The van der Waals surface area contributed by atoms with E-state index in [-0.39, 0.29) is 0 Å². The van der Waals surface area contributed by atoms with E-state index in [4.69, 9.17) is 4.74 Å². The Morgan fingerprint density at radius 1 is 1.08 bits per heavy atom. The van der Waals surface area contributed by atoms with Gasteiger partial charge in [0.2, 0.25) is 0 Å². The Morgan fingerprint density at radius 2 is 1.81 bits per heavy atom. The number of aromatic nitrogens is 2.